The van der Waals surface area contributed by atoms with Crippen molar-refractivity contribution in [3.63, 3.8) is 0 Å². The van der Waals surface area contributed by atoms with Crippen LogP contribution in [0.4, 0.5) is 0 Å². The SMILES string of the molecule is COCCCn1c(S[C@@H](C)C(=O)c2ccc3c(c2)CCC3)nnc1-c1ccccc1Cl. The average Bonchev–Trinajstić information content (AvgIpc) is 3.40. The van der Waals surface area contributed by atoms with Gasteiger partial charge in [0.15, 0.2) is 16.8 Å². The lowest BCUT2D eigenvalue weighted by atomic mass is 10.0. The Labute approximate surface area is 192 Å². The van der Waals surface area contributed by atoms with Gasteiger partial charge >= 0.3 is 0 Å². The molecule has 0 unspecified atom stereocenters. The highest BCUT2D eigenvalue weighted by Crippen LogP contribution is 2.32. The van der Waals surface area contributed by atoms with E-state index in [0.717, 1.165) is 30.4 Å². The fourth-order valence-electron chi connectivity index (χ4n) is 3.96. The number of thioether (sulfide) groups is 1. The van der Waals surface area contributed by atoms with Gasteiger partial charge in [-0.1, -0.05) is 47.6 Å². The third-order valence-electron chi connectivity index (χ3n) is 5.60. The summed E-state index contributed by atoms with van der Waals surface area (Å²) < 4.78 is 7.26. The Balaban J connectivity index is 1.58. The number of Topliss-reactive ketones (excluding diaryl/α,β-unsaturated/α-hetero) is 1. The molecule has 162 valence electrons. The maximum absolute atomic E-state index is 13.1. The number of ketones is 1. The van der Waals surface area contributed by atoms with Crippen LogP contribution in [0.5, 0.6) is 0 Å². The molecule has 0 spiro atoms. The molecule has 0 amide bonds. The Morgan fingerprint density at radius 3 is 2.81 bits per heavy atom. The molecule has 7 heteroatoms. The van der Waals surface area contributed by atoms with Crippen LogP contribution in [0.25, 0.3) is 11.4 Å². The maximum Gasteiger partial charge on any atom is 0.192 e. The molecule has 0 N–H and O–H groups in total. The summed E-state index contributed by atoms with van der Waals surface area (Å²) in [5, 5.41) is 9.89. The lowest BCUT2D eigenvalue weighted by Gasteiger charge is -2.14. The zero-order valence-electron chi connectivity index (χ0n) is 17.8. The normalized spacial score (nSPS) is 13.9. The van der Waals surface area contributed by atoms with Crippen molar-refractivity contribution < 1.29 is 9.53 Å². The van der Waals surface area contributed by atoms with Crippen LogP contribution in [-0.4, -0.2) is 39.5 Å². The van der Waals surface area contributed by atoms with Crippen molar-refractivity contribution in [2.24, 2.45) is 0 Å². The van der Waals surface area contributed by atoms with E-state index in [4.69, 9.17) is 16.3 Å². The molecule has 0 aliphatic heterocycles. The molecule has 0 bridgehead atoms. The van der Waals surface area contributed by atoms with Crippen molar-refractivity contribution in [2.45, 2.75) is 49.6 Å². The molecular weight excluding hydrogens is 430 g/mol. The van der Waals surface area contributed by atoms with E-state index >= 15 is 0 Å². The zero-order valence-corrected chi connectivity index (χ0v) is 19.4. The van der Waals surface area contributed by atoms with Crippen molar-refractivity contribution in [1.29, 1.82) is 0 Å². The molecule has 5 nitrogen and oxygen atoms in total. The highest BCUT2D eigenvalue weighted by Gasteiger charge is 2.23. The standard InChI is InChI=1S/C24H26ClN3O2S/c1-16(22(29)19-12-11-17-7-5-8-18(17)15-19)31-24-27-26-23(28(24)13-6-14-30-2)20-9-3-4-10-21(20)25/h3-4,9-12,15-16H,5-8,13-14H2,1-2H3/t16-/m0/s1. The van der Waals surface area contributed by atoms with Crippen molar-refractivity contribution in [1.82, 2.24) is 14.8 Å². The van der Waals surface area contributed by atoms with Gasteiger partial charge in [-0.05, 0) is 61.9 Å². The van der Waals surface area contributed by atoms with Gasteiger partial charge in [0.1, 0.15) is 0 Å². The van der Waals surface area contributed by atoms with Gasteiger partial charge in [0.2, 0.25) is 0 Å². The van der Waals surface area contributed by atoms with E-state index < -0.39 is 0 Å². The highest BCUT2D eigenvalue weighted by molar-refractivity contribution is 8.00. The summed E-state index contributed by atoms with van der Waals surface area (Å²) in [6, 6.07) is 13.7. The lowest BCUT2D eigenvalue weighted by Crippen LogP contribution is -2.15. The fourth-order valence-corrected chi connectivity index (χ4v) is 5.13. The number of aryl methyl sites for hydroxylation is 2. The van der Waals surface area contributed by atoms with Gasteiger partial charge in [-0.2, -0.15) is 0 Å². The summed E-state index contributed by atoms with van der Waals surface area (Å²) in [6.45, 7) is 3.25. The van der Waals surface area contributed by atoms with E-state index in [-0.39, 0.29) is 11.0 Å². The number of fused-ring (bicyclic) bond motifs is 1. The molecule has 0 fully saturated rings. The number of benzene rings is 2. The van der Waals surface area contributed by atoms with Crippen molar-refractivity contribution in [3.8, 4) is 11.4 Å². The minimum atomic E-state index is -0.274. The number of aromatic nitrogens is 3. The monoisotopic (exact) mass is 455 g/mol. The molecule has 0 radical (unpaired) electrons. The number of methoxy groups -OCH3 is 1. The number of rotatable bonds is 9. The first-order chi connectivity index (χ1) is 15.1. The van der Waals surface area contributed by atoms with E-state index in [1.165, 1.54) is 29.3 Å². The van der Waals surface area contributed by atoms with Gasteiger partial charge in [0.25, 0.3) is 0 Å². The highest BCUT2D eigenvalue weighted by atomic mass is 35.5. The van der Waals surface area contributed by atoms with Crippen molar-refractivity contribution >= 4 is 29.1 Å². The number of ether oxygens (including phenoxy) is 1. The molecule has 0 saturated carbocycles. The van der Waals surface area contributed by atoms with Gasteiger partial charge in [-0.15, -0.1) is 10.2 Å². The van der Waals surface area contributed by atoms with Crippen LogP contribution in [0, 0.1) is 0 Å². The van der Waals surface area contributed by atoms with Gasteiger partial charge in [0.05, 0.1) is 10.3 Å². The Morgan fingerprint density at radius 1 is 1.19 bits per heavy atom. The van der Waals surface area contributed by atoms with Gasteiger partial charge in [-0.25, -0.2) is 0 Å². The van der Waals surface area contributed by atoms with Crippen LogP contribution in [0.3, 0.4) is 0 Å². The van der Waals surface area contributed by atoms with Crippen molar-refractivity contribution in [2.75, 3.05) is 13.7 Å². The summed E-state index contributed by atoms with van der Waals surface area (Å²) >= 11 is 7.86. The fraction of sp³-hybridized carbons (Fsp3) is 0.375. The molecule has 1 aromatic heterocycles. The molecule has 0 saturated heterocycles. The van der Waals surface area contributed by atoms with Crippen LogP contribution in [-0.2, 0) is 24.1 Å². The maximum atomic E-state index is 13.1. The quantitative estimate of drug-likeness (QED) is 0.242. The summed E-state index contributed by atoms with van der Waals surface area (Å²) in [5.41, 5.74) is 4.29. The Kier molecular flexibility index (Phi) is 7.10. The van der Waals surface area contributed by atoms with E-state index in [1.807, 2.05) is 41.8 Å². The van der Waals surface area contributed by atoms with E-state index in [9.17, 15) is 4.79 Å². The topological polar surface area (TPSA) is 57.0 Å². The Hall–Kier alpha value is -2.15. The second-order valence-electron chi connectivity index (χ2n) is 7.75. The molecule has 2 aromatic carbocycles. The van der Waals surface area contributed by atoms with Gasteiger partial charge in [-0.3, -0.25) is 4.79 Å². The summed E-state index contributed by atoms with van der Waals surface area (Å²) in [4.78, 5) is 13.1. The summed E-state index contributed by atoms with van der Waals surface area (Å²) in [6.07, 6.45) is 4.16. The second-order valence-corrected chi connectivity index (χ2v) is 9.46. The molecule has 1 atom stereocenters. The zero-order chi connectivity index (χ0) is 21.8. The van der Waals surface area contributed by atoms with Crippen LogP contribution in [0.2, 0.25) is 5.02 Å². The summed E-state index contributed by atoms with van der Waals surface area (Å²) in [7, 11) is 1.69. The smallest absolute Gasteiger partial charge is 0.192 e. The lowest BCUT2D eigenvalue weighted by molar-refractivity contribution is 0.0993. The van der Waals surface area contributed by atoms with E-state index in [1.54, 1.807) is 7.11 Å². The van der Waals surface area contributed by atoms with E-state index in [2.05, 4.69) is 22.3 Å². The number of nitrogens with zero attached hydrogens (tertiary/aromatic N) is 3. The third kappa shape index (κ3) is 4.86. The minimum absolute atomic E-state index is 0.116. The number of hydrogen-bond donors (Lipinski definition) is 0. The van der Waals surface area contributed by atoms with Crippen LogP contribution < -0.4 is 0 Å². The van der Waals surface area contributed by atoms with Gasteiger partial charge < -0.3 is 9.30 Å². The molecular formula is C24H26ClN3O2S. The molecule has 1 heterocycles. The molecule has 1 aliphatic rings. The number of carbonyl (C=O) groups is 1. The first kappa shape index (κ1) is 22.1. The van der Waals surface area contributed by atoms with Crippen molar-refractivity contribution in [3.05, 3.63) is 64.2 Å². The predicted octanol–water partition coefficient (Wildman–Crippen LogP) is 5.49. The summed E-state index contributed by atoms with van der Waals surface area (Å²) in [5.74, 6) is 0.826. The van der Waals surface area contributed by atoms with E-state index in [0.29, 0.717) is 29.2 Å². The minimum Gasteiger partial charge on any atom is -0.385 e. The number of hydrogen-bond acceptors (Lipinski definition) is 5. The third-order valence-corrected chi connectivity index (χ3v) is 7.01. The molecule has 3 aromatic rings. The molecule has 1 aliphatic carbocycles. The van der Waals surface area contributed by atoms with Crippen LogP contribution >= 0.6 is 23.4 Å². The van der Waals surface area contributed by atoms with Gasteiger partial charge in [0, 0.05) is 31.4 Å². The Morgan fingerprint density at radius 2 is 2.00 bits per heavy atom. The van der Waals surface area contributed by atoms with Crippen LogP contribution in [0.1, 0.15) is 41.3 Å². The largest absolute Gasteiger partial charge is 0.385 e. The Bertz CT molecular complexity index is 1080. The number of halogens is 1. The number of carbonyl (C=O) groups excluding carboxylic acids is 1. The predicted molar refractivity (Wildman–Crippen MR) is 125 cm³/mol. The average molecular weight is 456 g/mol. The first-order valence-electron chi connectivity index (χ1n) is 10.6. The molecule has 4 rings (SSSR count). The second kappa shape index (κ2) is 9.98. The molecule has 31 heavy (non-hydrogen) atoms. The first-order valence-corrected chi connectivity index (χ1v) is 11.8. The van der Waals surface area contributed by atoms with Crippen LogP contribution in [0.15, 0.2) is 47.6 Å².